The van der Waals surface area contributed by atoms with Crippen LogP contribution in [0.3, 0.4) is 0 Å². The molecule has 1 atom stereocenters. The number of piperidine rings is 1. The van der Waals surface area contributed by atoms with Crippen LogP contribution in [0, 0.1) is 5.92 Å². The first-order valence-electron chi connectivity index (χ1n) is 6.47. The van der Waals surface area contributed by atoms with Crippen molar-refractivity contribution in [3.63, 3.8) is 0 Å². The Morgan fingerprint density at radius 1 is 1.12 bits per heavy atom. The van der Waals surface area contributed by atoms with E-state index in [4.69, 9.17) is 0 Å². The van der Waals surface area contributed by atoms with Gasteiger partial charge in [0, 0.05) is 18.2 Å². The van der Waals surface area contributed by atoms with E-state index in [0.29, 0.717) is 0 Å². The molecule has 2 nitrogen and oxygen atoms in total. The second-order valence-electron chi connectivity index (χ2n) is 5.09. The summed E-state index contributed by atoms with van der Waals surface area (Å²) in [7, 11) is 0. The molecule has 2 N–H and O–H groups in total. The maximum Gasteiger partial charge on any atom is 0.0376 e. The highest BCUT2D eigenvalue weighted by atomic mass is 14.9. The van der Waals surface area contributed by atoms with Crippen molar-refractivity contribution in [3.8, 4) is 0 Å². The summed E-state index contributed by atoms with van der Waals surface area (Å²) in [4.78, 5) is 0. The quantitative estimate of drug-likeness (QED) is 0.794. The average Bonchev–Trinajstić information content (AvgIpc) is 2.74. The van der Waals surface area contributed by atoms with Crippen LogP contribution in [-0.4, -0.2) is 19.6 Å². The van der Waals surface area contributed by atoms with E-state index in [0.717, 1.165) is 18.4 Å². The van der Waals surface area contributed by atoms with Crippen molar-refractivity contribution >= 4 is 5.69 Å². The van der Waals surface area contributed by atoms with Crippen molar-refractivity contribution in [1.29, 1.82) is 0 Å². The summed E-state index contributed by atoms with van der Waals surface area (Å²) in [5.74, 6) is 1.68. The zero-order valence-corrected chi connectivity index (χ0v) is 9.71. The van der Waals surface area contributed by atoms with E-state index in [9.17, 15) is 0 Å². The third kappa shape index (κ3) is 1.94. The molecule has 1 fully saturated rings. The lowest BCUT2D eigenvalue weighted by Crippen LogP contribution is -2.28. The first-order valence-corrected chi connectivity index (χ1v) is 6.47. The summed E-state index contributed by atoms with van der Waals surface area (Å²) in [6, 6.07) is 8.79. The average molecular weight is 216 g/mol. The molecular formula is C14H20N2. The Bertz CT molecular complexity index is 356. The topological polar surface area (TPSA) is 24.1 Å². The Kier molecular flexibility index (Phi) is 2.83. The molecule has 0 radical (unpaired) electrons. The molecule has 0 bridgehead atoms. The molecule has 1 aromatic carbocycles. The molecule has 16 heavy (non-hydrogen) atoms. The first-order chi connectivity index (χ1) is 7.93. The van der Waals surface area contributed by atoms with Crippen LogP contribution >= 0.6 is 0 Å². The lowest BCUT2D eigenvalue weighted by Gasteiger charge is -2.25. The molecule has 0 saturated carbocycles. The van der Waals surface area contributed by atoms with Gasteiger partial charge in [0.2, 0.25) is 0 Å². The van der Waals surface area contributed by atoms with Crippen molar-refractivity contribution in [2.75, 3.05) is 25.0 Å². The molecule has 0 amide bonds. The fourth-order valence-corrected chi connectivity index (χ4v) is 3.09. The minimum Gasteiger partial charge on any atom is -0.384 e. The monoisotopic (exact) mass is 216 g/mol. The smallest absolute Gasteiger partial charge is 0.0376 e. The van der Waals surface area contributed by atoms with E-state index in [-0.39, 0.29) is 0 Å². The Labute approximate surface area is 97.4 Å². The lowest BCUT2D eigenvalue weighted by molar-refractivity contribution is 0.336. The van der Waals surface area contributed by atoms with E-state index < -0.39 is 0 Å². The van der Waals surface area contributed by atoms with Gasteiger partial charge >= 0.3 is 0 Å². The molecule has 0 spiro atoms. The summed E-state index contributed by atoms with van der Waals surface area (Å²) in [5.41, 5.74) is 2.91. The fourth-order valence-electron chi connectivity index (χ4n) is 3.09. The van der Waals surface area contributed by atoms with Crippen molar-refractivity contribution in [1.82, 2.24) is 5.32 Å². The summed E-state index contributed by atoms with van der Waals surface area (Å²) in [6.45, 7) is 3.57. The predicted octanol–water partition coefficient (Wildman–Crippen LogP) is 2.59. The summed E-state index contributed by atoms with van der Waals surface area (Å²) in [5, 5.41) is 6.97. The van der Waals surface area contributed by atoms with Crippen LogP contribution in [0.4, 0.5) is 5.69 Å². The van der Waals surface area contributed by atoms with E-state index >= 15 is 0 Å². The summed E-state index contributed by atoms with van der Waals surface area (Å²) < 4.78 is 0. The highest BCUT2D eigenvalue weighted by Crippen LogP contribution is 2.36. The number of para-hydroxylation sites is 1. The highest BCUT2D eigenvalue weighted by molar-refractivity contribution is 5.57. The van der Waals surface area contributed by atoms with Gasteiger partial charge in [-0.1, -0.05) is 18.2 Å². The minimum atomic E-state index is 0.749. The highest BCUT2D eigenvalue weighted by Gasteiger charge is 2.25. The summed E-state index contributed by atoms with van der Waals surface area (Å²) in [6.07, 6.45) is 4.09. The maximum atomic E-state index is 3.52. The molecule has 1 aromatic rings. The Morgan fingerprint density at radius 3 is 2.81 bits per heavy atom. The van der Waals surface area contributed by atoms with Crippen LogP contribution in [0.5, 0.6) is 0 Å². The number of hydrogen-bond acceptors (Lipinski definition) is 2. The third-order valence-electron chi connectivity index (χ3n) is 4.02. The second kappa shape index (κ2) is 4.46. The van der Waals surface area contributed by atoms with Gasteiger partial charge in [0.25, 0.3) is 0 Å². The van der Waals surface area contributed by atoms with Crippen molar-refractivity contribution in [2.24, 2.45) is 5.92 Å². The maximum absolute atomic E-state index is 3.52. The van der Waals surface area contributed by atoms with Crippen LogP contribution in [-0.2, 0) is 0 Å². The predicted molar refractivity (Wildman–Crippen MR) is 67.9 cm³/mol. The minimum absolute atomic E-state index is 0.749. The molecular weight excluding hydrogens is 196 g/mol. The fraction of sp³-hybridized carbons (Fsp3) is 0.571. The van der Waals surface area contributed by atoms with E-state index in [1.54, 1.807) is 5.56 Å². The number of nitrogens with one attached hydrogen (secondary N) is 2. The van der Waals surface area contributed by atoms with Crippen LogP contribution < -0.4 is 10.6 Å². The molecule has 0 aromatic heterocycles. The van der Waals surface area contributed by atoms with Crippen LogP contribution in [0.15, 0.2) is 24.3 Å². The van der Waals surface area contributed by atoms with Crippen molar-refractivity contribution in [2.45, 2.75) is 25.2 Å². The Balaban J connectivity index is 1.68. The van der Waals surface area contributed by atoms with Gasteiger partial charge in [0.05, 0.1) is 0 Å². The van der Waals surface area contributed by atoms with Gasteiger partial charge in [-0.15, -0.1) is 0 Å². The number of hydrogen-bond donors (Lipinski definition) is 2. The molecule has 2 aliphatic rings. The SMILES string of the molecule is c1ccc2c(c1)NCC2CC1CCNCC1. The number of anilines is 1. The van der Waals surface area contributed by atoms with Gasteiger partial charge in [0.1, 0.15) is 0 Å². The van der Waals surface area contributed by atoms with Crippen LogP contribution in [0.25, 0.3) is 0 Å². The number of benzene rings is 1. The molecule has 1 saturated heterocycles. The van der Waals surface area contributed by atoms with Crippen molar-refractivity contribution < 1.29 is 0 Å². The molecule has 2 heteroatoms. The standard InChI is InChI=1S/C14H20N2/c1-2-4-14-13(3-1)12(10-16-14)9-11-5-7-15-8-6-11/h1-4,11-12,15-16H,5-10H2. The van der Waals surface area contributed by atoms with Crippen LogP contribution in [0.1, 0.15) is 30.7 Å². The normalized spacial score (nSPS) is 25.1. The Hall–Kier alpha value is -1.02. The van der Waals surface area contributed by atoms with Gasteiger partial charge in [-0.3, -0.25) is 0 Å². The molecule has 3 rings (SSSR count). The van der Waals surface area contributed by atoms with Gasteiger partial charge in [-0.05, 0) is 49.9 Å². The largest absolute Gasteiger partial charge is 0.384 e. The molecule has 2 aliphatic heterocycles. The second-order valence-corrected chi connectivity index (χ2v) is 5.09. The summed E-state index contributed by atoms with van der Waals surface area (Å²) >= 11 is 0. The zero-order chi connectivity index (χ0) is 10.8. The number of fused-ring (bicyclic) bond motifs is 1. The first kappa shape index (κ1) is 10.2. The van der Waals surface area contributed by atoms with Crippen LogP contribution in [0.2, 0.25) is 0 Å². The van der Waals surface area contributed by atoms with Gasteiger partial charge in [-0.25, -0.2) is 0 Å². The number of rotatable bonds is 2. The molecule has 0 aliphatic carbocycles. The van der Waals surface area contributed by atoms with Crippen molar-refractivity contribution in [3.05, 3.63) is 29.8 Å². The van der Waals surface area contributed by atoms with E-state index in [1.165, 1.54) is 38.0 Å². The van der Waals surface area contributed by atoms with E-state index in [1.807, 2.05) is 0 Å². The zero-order valence-electron chi connectivity index (χ0n) is 9.71. The van der Waals surface area contributed by atoms with E-state index in [2.05, 4.69) is 34.9 Å². The van der Waals surface area contributed by atoms with Gasteiger partial charge < -0.3 is 10.6 Å². The molecule has 2 heterocycles. The van der Waals surface area contributed by atoms with Gasteiger partial charge in [-0.2, -0.15) is 0 Å². The Morgan fingerprint density at radius 2 is 1.94 bits per heavy atom. The lowest BCUT2D eigenvalue weighted by atomic mass is 9.85. The van der Waals surface area contributed by atoms with Gasteiger partial charge in [0.15, 0.2) is 0 Å². The molecule has 1 unspecified atom stereocenters. The molecule has 86 valence electrons. The third-order valence-corrected chi connectivity index (χ3v) is 4.02.